The van der Waals surface area contributed by atoms with E-state index in [-0.39, 0.29) is 5.91 Å². The van der Waals surface area contributed by atoms with E-state index in [0.717, 1.165) is 30.8 Å². The fourth-order valence-corrected chi connectivity index (χ4v) is 1.97. The number of carbonyl (C=O) groups excluding carboxylic acids is 1. The lowest BCUT2D eigenvalue weighted by Crippen LogP contribution is -2.48. The van der Waals surface area contributed by atoms with Gasteiger partial charge in [-0.15, -0.1) is 0 Å². The van der Waals surface area contributed by atoms with Gasteiger partial charge in [-0.25, -0.2) is 0 Å². The van der Waals surface area contributed by atoms with E-state index in [9.17, 15) is 4.79 Å². The molecular weight excluding hydrogens is 202 g/mol. The lowest BCUT2D eigenvalue weighted by molar-refractivity contribution is -0.121. The van der Waals surface area contributed by atoms with Gasteiger partial charge in [0.25, 0.3) is 0 Å². The Labute approximate surface area is 95.5 Å². The number of rotatable bonds is 2. The zero-order valence-corrected chi connectivity index (χ0v) is 9.71. The summed E-state index contributed by atoms with van der Waals surface area (Å²) in [7, 11) is 0. The van der Waals surface area contributed by atoms with Crippen LogP contribution in [0.3, 0.4) is 0 Å². The molecule has 4 nitrogen and oxygen atoms in total. The van der Waals surface area contributed by atoms with Gasteiger partial charge < -0.3 is 10.6 Å². The Morgan fingerprint density at radius 1 is 1.62 bits per heavy atom. The summed E-state index contributed by atoms with van der Waals surface area (Å²) in [5.74, 6) is 0.0288. The molecule has 2 N–H and O–H groups in total. The van der Waals surface area contributed by atoms with E-state index < -0.39 is 5.54 Å². The number of anilines is 1. The molecule has 86 valence electrons. The molecule has 0 spiro atoms. The standard InChI is InChI=1S/C12H17N3O/c1-9-10(5-3-7-13-9)15-11(16)12(2)6-4-8-14-12/h3,5,7,14H,4,6,8H2,1-2H3,(H,15,16). The number of nitrogens with zero attached hydrogens (tertiary/aromatic N) is 1. The molecule has 0 aromatic carbocycles. The first-order chi connectivity index (χ1) is 7.62. The molecule has 1 amide bonds. The van der Waals surface area contributed by atoms with Crippen molar-refractivity contribution in [3.8, 4) is 0 Å². The summed E-state index contributed by atoms with van der Waals surface area (Å²) in [6, 6.07) is 3.70. The Hall–Kier alpha value is -1.42. The van der Waals surface area contributed by atoms with Gasteiger partial charge in [0.2, 0.25) is 5.91 Å². The van der Waals surface area contributed by atoms with Crippen LogP contribution < -0.4 is 10.6 Å². The van der Waals surface area contributed by atoms with Crippen molar-refractivity contribution in [3.05, 3.63) is 24.0 Å². The molecule has 0 radical (unpaired) electrons. The molecule has 1 aliphatic rings. The molecule has 1 unspecified atom stereocenters. The molecule has 2 rings (SSSR count). The molecular formula is C12H17N3O. The van der Waals surface area contributed by atoms with Crippen molar-refractivity contribution in [1.29, 1.82) is 0 Å². The Balaban J connectivity index is 2.10. The zero-order chi connectivity index (χ0) is 11.6. The predicted octanol–water partition coefficient (Wildman–Crippen LogP) is 1.47. The zero-order valence-electron chi connectivity index (χ0n) is 9.71. The topological polar surface area (TPSA) is 54.0 Å². The maximum Gasteiger partial charge on any atom is 0.244 e. The molecule has 1 aromatic rings. The number of pyridine rings is 1. The van der Waals surface area contributed by atoms with Crippen LogP contribution in [0.4, 0.5) is 5.69 Å². The van der Waals surface area contributed by atoms with Gasteiger partial charge in [0.1, 0.15) is 0 Å². The minimum atomic E-state index is -0.428. The lowest BCUT2D eigenvalue weighted by Gasteiger charge is -2.23. The highest BCUT2D eigenvalue weighted by Gasteiger charge is 2.35. The maximum atomic E-state index is 12.1. The van der Waals surface area contributed by atoms with Gasteiger partial charge >= 0.3 is 0 Å². The molecule has 1 aliphatic heterocycles. The van der Waals surface area contributed by atoms with Crippen molar-refractivity contribution < 1.29 is 4.79 Å². The molecule has 1 aromatic heterocycles. The van der Waals surface area contributed by atoms with Crippen LogP contribution in [0, 0.1) is 6.92 Å². The molecule has 2 heterocycles. The van der Waals surface area contributed by atoms with E-state index >= 15 is 0 Å². The van der Waals surface area contributed by atoms with Crippen molar-refractivity contribution in [2.45, 2.75) is 32.2 Å². The fourth-order valence-electron chi connectivity index (χ4n) is 1.97. The van der Waals surface area contributed by atoms with E-state index in [4.69, 9.17) is 0 Å². The predicted molar refractivity (Wildman–Crippen MR) is 63.2 cm³/mol. The first-order valence-corrected chi connectivity index (χ1v) is 5.60. The van der Waals surface area contributed by atoms with E-state index in [0.29, 0.717) is 0 Å². The second-order valence-corrected chi connectivity index (χ2v) is 4.45. The van der Waals surface area contributed by atoms with Gasteiger partial charge in [0.05, 0.1) is 16.9 Å². The van der Waals surface area contributed by atoms with Crippen LogP contribution >= 0.6 is 0 Å². The second-order valence-electron chi connectivity index (χ2n) is 4.45. The van der Waals surface area contributed by atoms with Crippen molar-refractivity contribution in [1.82, 2.24) is 10.3 Å². The third kappa shape index (κ3) is 2.07. The van der Waals surface area contributed by atoms with Crippen molar-refractivity contribution in [3.63, 3.8) is 0 Å². The largest absolute Gasteiger partial charge is 0.323 e. The molecule has 0 aliphatic carbocycles. The average molecular weight is 219 g/mol. The van der Waals surface area contributed by atoms with Gasteiger partial charge in [-0.05, 0) is 45.4 Å². The summed E-state index contributed by atoms with van der Waals surface area (Å²) in [6.07, 6.45) is 3.66. The number of hydrogen-bond donors (Lipinski definition) is 2. The number of nitrogens with one attached hydrogen (secondary N) is 2. The first-order valence-electron chi connectivity index (χ1n) is 5.60. The summed E-state index contributed by atoms with van der Waals surface area (Å²) in [6.45, 7) is 4.75. The molecule has 1 saturated heterocycles. The Kier molecular flexibility index (Phi) is 2.92. The number of hydrogen-bond acceptors (Lipinski definition) is 3. The Morgan fingerprint density at radius 3 is 3.06 bits per heavy atom. The third-order valence-corrected chi connectivity index (χ3v) is 3.13. The van der Waals surface area contributed by atoms with Crippen molar-refractivity contribution >= 4 is 11.6 Å². The van der Waals surface area contributed by atoms with Gasteiger partial charge in [-0.2, -0.15) is 0 Å². The normalized spacial score (nSPS) is 24.4. The molecule has 1 fully saturated rings. The Bertz CT molecular complexity index is 397. The summed E-state index contributed by atoms with van der Waals surface area (Å²) >= 11 is 0. The number of carbonyl (C=O) groups is 1. The average Bonchev–Trinajstić information content (AvgIpc) is 2.70. The van der Waals surface area contributed by atoms with Crippen LogP contribution in [0.25, 0.3) is 0 Å². The molecule has 16 heavy (non-hydrogen) atoms. The molecule has 0 bridgehead atoms. The smallest absolute Gasteiger partial charge is 0.244 e. The highest BCUT2D eigenvalue weighted by molar-refractivity contribution is 5.98. The SMILES string of the molecule is Cc1ncccc1NC(=O)C1(C)CCCN1. The van der Waals surface area contributed by atoms with Gasteiger partial charge in [-0.1, -0.05) is 0 Å². The van der Waals surface area contributed by atoms with E-state index in [1.807, 2.05) is 26.0 Å². The first kappa shape index (κ1) is 11.1. The minimum absolute atomic E-state index is 0.0288. The minimum Gasteiger partial charge on any atom is -0.323 e. The third-order valence-electron chi connectivity index (χ3n) is 3.13. The van der Waals surface area contributed by atoms with Crippen LogP contribution in [-0.4, -0.2) is 23.0 Å². The number of amides is 1. The maximum absolute atomic E-state index is 12.1. The van der Waals surface area contributed by atoms with Crippen molar-refractivity contribution in [2.24, 2.45) is 0 Å². The summed E-state index contributed by atoms with van der Waals surface area (Å²) in [4.78, 5) is 16.2. The summed E-state index contributed by atoms with van der Waals surface area (Å²) < 4.78 is 0. The highest BCUT2D eigenvalue weighted by Crippen LogP contribution is 2.21. The van der Waals surface area contributed by atoms with Gasteiger partial charge in [0.15, 0.2) is 0 Å². The fraction of sp³-hybridized carbons (Fsp3) is 0.500. The van der Waals surface area contributed by atoms with Crippen LogP contribution in [-0.2, 0) is 4.79 Å². The monoisotopic (exact) mass is 219 g/mol. The van der Waals surface area contributed by atoms with Gasteiger partial charge in [0, 0.05) is 6.20 Å². The molecule has 4 heteroatoms. The van der Waals surface area contributed by atoms with E-state index in [1.165, 1.54) is 0 Å². The quantitative estimate of drug-likeness (QED) is 0.792. The number of aromatic nitrogens is 1. The van der Waals surface area contributed by atoms with Crippen LogP contribution in [0.5, 0.6) is 0 Å². The number of aryl methyl sites for hydroxylation is 1. The summed E-state index contributed by atoms with van der Waals surface area (Å²) in [5, 5.41) is 6.17. The van der Waals surface area contributed by atoms with Crippen molar-refractivity contribution in [2.75, 3.05) is 11.9 Å². The molecule has 0 saturated carbocycles. The van der Waals surface area contributed by atoms with E-state index in [1.54, 1.807) is 6.20 Å². The van der Waals surface area contributed by atoms with E-state index in [2.05, 4.69) is 15.6 Å². The highest BCUT2D eigenvalue weighted by atomic mass is 16.2. The molecule has 1 atom stereocenters. The van der Waals surface area contributed by atoms with Crippen LogP contribution in [0.2, 0.25) is 0 Å². The van der Waals surface area contributed by atoms with Crippen LogP contribution in [0.15, 0.2) is 18.3 Å². The second kappa shape index (κ2) is 4.22. The summed E-state index contributed by atoms with van der Waals surface area (Å²) in [5.41, 5.74) is 1.21. The van der Waals surface area contributed by atoms with Gasteiger partial charge in [-0.3, -0.25) is 9.78 Å². The van der Waals surface area contributed by atoms with Crippen LogP contribution in [0.1, 0.15) is 25.5 Å². The Morgan fingerprint density at radius 2 is 2.44 bits per heavy atom. The lowest BCUT2D eigenvalue weighted by atomic mass is 9.99.